The van der Waals surface area contributed by atoms with Gasteiger partial charge in [0, 0.05) is 12.1 Å². The van der Waals surface area contributed by atoms with E-state index < -0.39 is 5.97 Å². The van der Waals surface area contributed by atoms with Crippen LogP contribution in [0.25, 0.3) is 11.4 Å². The second-order valence-electron chi connectivity index (χ2n) is 5.66. The molecule has 2 aromatic rings. The van der Waals surface area contributed by atoms with Crippen LogP contribution in [0.4, 0.5) is 0 Å². The standard InChI is InChI=1S/C16H18N2O2/c1-10-4-3-5-12(8-10)15-17-14(16(19)20)13-7-6-11(2)9-18(13)15/h3-5,8,11H,6-7,9H2,1-2H3,(H,19,20). The van der Waals surface area contributed by atoms with Crippen molar-refractivity contribution in [3.05, 3.63) is 41.2 Å². The lowest BCUT2D eigenvalue weighted by Crippen LogP contribution is -2.19. The monoisotopic (exact) mass is 270 g/mol. The molecule has 1 atom stereocenters. The molecule has 1 N–H and O–H groups in total. The van der Waals surface area contributed by atoms with E-state index in [2.05, 4.69) is 22.5 Å². The van der Waals surface area contributed by atoms with Crippen LogP contribution in [0.3, 0.4) is 0 Å². The molecule has 1 unspecified atom stereocenters. The minimum absolute atomic E-state index is 0.216. The summed E-state index contributed by atoms with van der Waals surface area (Å²) in [5.74, 6) is 0.414. The molecule has 0 saturated carbocycles. The summed E-state index contributed by atoms with van der Waals surface area (Å²) in [7, 11) is 0. The number of aromatic nitrogens is 2. The predicted octanol–water partition coefficient (Wildman–Crippen LogP) is 3.14. The Kier molecular flexibility index (Phi) is 3.08. The number of fused-ring (bicyclic) bond motifs is 1. The maximum atomic E-state index is 11.4. The fourth-order valence-corrected chi connectivity index (χ4v) is 2.90. The topological polar surface area (TPSA) is 55.1 Å². The van der Waals surface area contributed by atoms with Crippen molar-refractivity contribution in [2.24, 2.45) is 5.92 Å². The highest BCUT2D eigenvalue weighted by Gasteiger charge is 2.26. The van der Waals surface area contributed by atoms with Gasteiger partial charge in [-0.3, -0.25) is 0 Å². The summed E-state index contributed by atoms with van der Waals surface area (Å²) < 4.78 is 2.09. The van der Waals surface area contributed by atoms with Crippen LogP contribution < -0.4 is 0 Å². The van der Waals surface area contributed by atoms with Gasteiger partial charge < -0.3 is 9.67 Å². The molecule has 4 heteroatoms. The molecule has 1 aliphatic heterocycles. The van der Waals surface area contributed by atoms with Gasteiger partial charge in [-0.2, -0.15) is 0 Å². The van der Waals surface area contributed by atoms with E-state index >= 15 is 0 Å². The van der Waals surface area contributed by atoms with Crippen LogP contribution in [-0.2, 0) is 13.0 Å². The Balaban J connectivity index is 2.18. The first-order valence-corrected chi connectivity index (χ1v) is 6.96. The summed E-state index contributed by atoms with van der Waals surface area (Å²) in [5, 5.41) is 9.35. The zero-order valence-corrected chi connectivity index (χ0v) is 11.8. The summed E-state index contributed by atoms with van der Waals surface area (Å²) in [5.41, 5.74) is 3.23. The Morgan fingerprint density at radius 2 is 2.25 bits per heavy atom. The molecule has 0 fully saturated rings. The van der Waals surface area contributed by atoms with E-state index in [0.717, 1.165) is 42.0 Å². The van der Waals surface area contributed by atoms with Crippen LogP contribution in [0.5, 0.6) is 0 Å². The van der Waals surface area contributed by atoms with Gasteiger partial charge in [0.1, 0.15) is 5.82 Å². The molecule has 0 aliphatic carbocycles. The molecular weight excluding hydrogens is 252 g/mol. The lowest BCUT2D eigenvalue weighted by Gasteiger charge is -2.22. The van der Waals surface area contributed by atoms with Crippen molar-refractivity contribution in [1.82, 2.24) is 9.55 Å². The van der Waals surface area contributed by atoms with Crippen LogP contribution in [0.2, 0.25) is 0 Å². The van der Waals surface area contributed by atoms with E-state index in [9.17, 15) is 9.90 Å². The molecule has 3 rings (SSSR count). The Hall–Kier alpha value is -2.10. The van der Waals surface area contributed by atoms with E-state index in [4.69, 9.17) is 0 Å². The molecule has 0 amide bonds. The molecular formula is C16H18N2O2. The molecule has 0 bridgehead atoms. The number of carboxylic acids is 1. The van der Waals surface area contributed by atoms with Crippen molar-refractivity contribution in [2.75, 3.05) is 0 Å². The van der Waals surface area contributed by atoms with Gasteiger partial charge in [0.25, 0.3) is 0 Å². The zero-order valence-electron chi connectivity index (χ0n) is 11.8. The summed E-state index contributed by atoms with van der Waals surface area (Å²) in [6.45, 7) is 5.08. The SMILES string of the molecule is Cc1cccc(-c2nc(C(=O)O)c3n2CC(C)CC3)c1. The second kappa shape index (κ2) is 4.78. The third kappa shape index (κ3) is 2.11. The number of hydrogen-bond acceptors (Lipinski definition) is 2. The van der Waals surface area contributed by atoms with E-state index in [0.29, 0.717) is 5.92 Å². The first kappa shape index (κ1) is 12.9. The van der Waals surface area contributed by atoms with Crippen molar-refractivity contribution < 1.29 is 9.90 Å². The summed E-state index contributed by atoms with van der Waals surface area (Å²) in [4.78, 5) is 15.8. The lowest BCUT2D eigenvalue weighted by molar-refractivity contribution is 0.0689. The number of carboxylic acid groups (broad SMARTS) is 1. The third-order valence-corrected chi connectivity index (χ3v) is 3.92. The summed E-state index contributed by atoms with van der Waals surface area (Å²) in [6, 6.07) is 8.07. The smallest absolute Gasteiger partial charge is 0.356 e. The molecule has 0 radical (unpaired) electrons. The lowest BCUT2D eigenvalue weighted by atomic mass is 9.98. The quantitative estimate of drug-likeness (QED) is 0.912. The Bertz CT molecular complexity index is 673. The maximum Gasteiger partial charge on any atom is 0.356 e. The average molecular weight is 270 g/mol. The van der Waals surface area contributed by atoms with Gasteiger partial charge in [-0.05, 0) is 31.7 Å². The zero-order chi connectivity index (χ0) is 14.3. The van der Waals surface area contributed by atoms with Gasteiger partial charge in [0.15, 0.2) is 5.69 Å². The maximum absolute atomic E-state index is 11.4. The number of rotatable bonds is 2. The first-order chi connectivity index (χ1) is 9.56. The number of benzene rings is 1. The minimum atomic E-state index is -0.929. The molecule has 0 saturated heterocycles. The average Bonchev–Trinajstić information content (AvgIpc) is 2.77. The summed E-state index contributed by atoms with van der Waals surface area (Å²) >= 11 is 0. The predicted molar refractivity (Wildman–Crippen MR) is 76.8 cm³/mol. The van der Waals surface area contributed by atoms with Gasteiger partial charge >= 0.3 is 5.97 Å². The highest BCUT2D eigenvalue weighted by molar-refractivity contribution is 5.88. The van der Waals surface area contributed by atoms with E-state index in [-0.39, 0.29) is 5.69 Å². The molecule has 1 aromatic carbocycles. The number of nitrogens with zero attached hydrogens (tertiary/aromatic N) is 2. The fourth-order valence-electron chi connectivity index (χ4n) is 2.90. The van der Waals surface area contributed by atoms with Crippen molar-refractivity contribution in [2.45, 2.75) is 33.2 Å². The van der Waals surface area contributed by atoms with Gasteiger partial charge in [-0.1, -0.05) is 30.7 Å². The number of aromatic carboxylic acids is 1. The van der Waals surface area contributed by atoms with E-state index in [1.165, 1.54) is 0 Å². The Morgan fingerprint density at radius 1 is 1.45 bits per heavy atom. The minimum Gasteiger partial charge on any atom is -0.476 e. The molecule has 104 valence electrons. The highest BCUT2D eigenvalue weighted by atomic mass is 16.4. The molecule has 1 aromatic heterocycles. The molecule has 0 spiro atoms. The largest absolute Gasteiger partial charge is 0.476 e. The molecule has 20 heavy (non-hydrogen) atoms. The number of carbonyl (C=O) groups is 1. The van der Waals surface area contributed by atoms with Gasteiger partial charge in [0.05, 0.1) is 5.69 Å². The van der Waals surface area contributed by atoms with Crippen molar-refractivity contribution in [1.29, 1.82) is 0 Å². The first-order valence-electron chi connectivity index (χ1n) is 6.96. The van der Waals surface area contributed by atoms with E-state index in [1.54, 1.807) is 0 Å². The Labute approximate surface area is 118 Å². The summed E-state index contributed by atoms with van der Waals surface area (Å²) in [6.07, 6.45) is 1.82. The van der Waals surface area contributed by atoms with Gasteiger partial charge in [-0.15, -0.1) is 0 Å². The van der Waals surface area contributed by atoms with Crippen molar-refractivity contribution in [3.63, 3.8) is 0 Å². The number of imidazole rings is 1. The van der Waals surface area contributed by atoms with Gasteiger partial charge in [-0.25, -0.2) is 9.78 Å². The molecule has 2 heterocycles. The van der Waals surface area contributed by atoms with Crippen LogP contribution in [-0.4, -0.2) is 20.6 Å². The van der Waals surface area contributed by atoms with Crippen LogP contribution in [0, 0.1) is 12.8 Å². The van der Waals surface area contributed by atoms with Crippen LogP contribution >= 0.6 is 0 Å². The molecule has 4 nitrogen and oxygen atoms in total. The highest BCUT2D eigenvalue weighted by Crippen LogP contribution is 2.30. The van der Waals surface area contributed by atoms with Crippen LogP contribution in [0.15, 0.2) is 24.3 Å². The van der Waals surface area contributed by atoms with Crippen LogP contribution in [0.1, 0.15) is 35.1 Å². The van der Waals surface area contributed by atoms with Crippen molar-refractivity contribution in [3.8, 4) is 11.4 Å². The normalized spacial score (nSPS) is 17.8. The number of aryl methyl sites for hydroxylation is 1. The molecule has 1 aliphatic rings. The second-order valence-corrected chi connectivity index (χ2v) is 5.66. The van der Waals surface area contributed by atoms with Gasteiger partial charge in [0.2, 0.25) is 0 Å². The van der Waals surface area contributed by atoms with E-state index in [1.807, 2.05) is 25.1 Å². The Morgan fingerprint density at radius 3 is 2.95 bits per heavy atom. The number of hydrogen-bond donors (Lipinski definition) is 1. The third-order valence-electron chi connectivity index (χ3n) is 3.92. The fraction of sp³-hybridized carbons (Fsp3) is 0.375. The van der Waals surface area contributed by atoms with Crippen molar-refractivity contribution >= 4 is 5.97 Å².